The Morgan fingerprint density at radius 1 is 1.12 bits per heavy atom. The highest BCUT2D eigenvalue weighted by atomic mass is 19.1. The standard InChI is InChI=1S/C19H19FN2O2/c20-15-7-9-16(10-8-15)22-12-4-11-19(17(21)23,18(22)24)13-14-5-2-1-3-6-14/h1-3,5-10H,4,11-13H2,(H2,21,23)/t19-/m1/s1. The second-order valence-electron chi connectivity index (χ2n) is 6.15. The Morgan fingerprint density at radius 2 is 1.79 bits per heavy atom. The van der Waals surface area contributed by atoms with E-state index in [-0.39, 0.29) is 18.1 Å². The molecule has 124 valence electrons. The van der Waals surface area contributed by atoms with E-state index in [2.05, 4.69) is 0 Å². The van der Waals surface area contributed by atoms with E-state index in [1.54, 1.807) is 12.1 Å². The molecule has 0 aromatic heterocycles. The molecule has 4 nitrogen and oxygen atoms in total. The average Bonchev–Trinajstić information content (AvgIpc) is 2.58. The van der Waals surface area contributed by atoms with Crippen LogP contribution in [0.5, 0.6) is 0 Å². The summed E-state index contributed by atoms with van der Waals surface area (Å²) in [5.41, 5.74) is 5.88. The molecule has 0 radical (unpaired) electrons. The lowest BCUT2D eigenvalue weighted by Crippen LogP contribution is -2.56. The molecule has 0 spiro atoms. The number of carbonyl (C=O) groups is 2. The Bertz CT molecular complexity index is 746. The molecule has 1 saturated heterocycles. The molecular weight excluding hydrogens is 307 g/mol. The number of halogens is 1. The molecule has 5 heteroatoms. The largest absolute Gasteiger partial charge is 0.369 e. The third-order valence-electron chi connectivity index (χ3n) is 4.60. The maximum atomic E-state index is 13.1. The predicted molar refractivity (Wildman–Crippen MR) is 89.8 cm³/mol. The quantitative estimate of drug-likeness (QED) is 0.878. The van der Waals surface area contributed by atoms with E-state index in [4.69, 9.17) is 5.73 Å². The number of hydrogen-bond acceptors (Lipinski definition) is 2. The summed E-state index contributed by atoms with van der Waals surface area (Å²) in [6, 6.07) is 15.1. The van der Waals surface area contributed by atoms with Crippen molar-refractivity contribution in [1.82, 2.24) is 0 Å². The van der Waals surface area contributed by atoms with Gasteiger partial charge in [-0.15, -0.1) is 0 Å². The van der Waals surface area contributed by atoms with E-state index >= 15 is 0 Å². The Hall–Kier alpha value is -2.69. The lowest BCUT2D eigenvalue weighted by molar-refractivity contribution is -0.142. The minimum Gasteiger partial charge on any atom is -0.369 e. The number of carbonyl (C=O) groups excluding carboxylic acids is 2. The van der Waals surface area contributed by atoms with E-state index in [0.29, 0.717) is 25.1 Å². The number of rotatable bonds is 4. The number of anilines is 1. The van der Waals surface area contributed by atoms with Crippen LogP contribution in [0.2, 0.25) is 0 Å². The van der Waals surface area contributed by atoms with E-state index in [1.165, 1.54) is 17.0 Å². The van der Waals surface area contributed by atoms with Crippen LogP contribution < -0.4 is 10.6 Å². The van der Waals surface area contributed by atoms with Crippen molar-refractivity contribution < 1.29 is 14.0 Å². The van der Waals surface area contributed by atoms with Gasteiger partial charge in [0.05, 0.1) is 0 Å². The van der Waals surface area contributed by atoms with Gasteiger partial charge in [0.15, 0.2) is 0 Å². The second-order valence-corrected chi connectivity index (χ2v) is 6.15. The van der Waals surface area contributed by atoms with Crippen molar-refractivity contribution in [1.29, 1.82) is 0 Å². The normalized spacial score (nSPS) is 20.9. The van der Waals surface area contributed by atoms with Gasteiger partial charge in [-0.3, -0.25) is 9.59 Å². The summed E-state index contributed by atoms with van der Waals surface area (Å²) in [5.74, 6) is -1.28. The first-order valence-electron chi connectivity index (χ1n) is 7.94. The third-order valence-corrected chi connectivity index (χ3v) is 4.60. The van der Waals surface area contributed by atoms with Gasteiger partial charge in [-0.2, -0.15) is 0 Å². The van der Waals surface area contributed by atoms with Gasteiger partial charge in [0.25, 0.3) is 0 Å². The van der Waals surface area contributed by atoms with E-state index in [9.17, 15) is 14.0 Å². The SMILES string of the molecule is NC(=O)[C@]1(Cc2ccccc2)CCCN(c2ccc(F)cc2)C1=O. The lowest BCUT2D eigenvalue weighted by atomic mass is 9.73. The fourth-order valence-electron chi connectivity index (χ4n) is 3.30. The van der Waals surface area contributed by atoms with Crippen LogP contribution in [0.3, 0.4) is 0 Å². The molecule has 24 heavy (non-hydrogen) atoms. The molecule has 0 aliphatic carbocycles. The van der Waals surface area contributed by atoms with Crippen LogP contribution in [0.25, 0.3) is 0 Å². The zero-order valence-electron chi connectivity index (χ0n) is 13.2. The minimum atomic E-state index is -1.26. The van der Waals surface area contributed by atoms with Gasteiger partial charge in [0, 0.05) is 12.2 Å². The smallest absolute Gasteiger partial charge is 0.243 e. The number of amides is 2. The van der Waals surface area contributed by atoms with Crippen LogP contribution in [0.15, 0.2) is 54.6 Å². The van der Waals surface area contributed by atoms with Gasteiger partial charge < -0.3 is 10.6 Å². The highest BCUT2D eigenvalue weighted by molar-refractivity contribution is 6.12. The average molecular weight is 326 g/mol. The molecule has 2 amide bonds. The van der Waals surface area contributed by atoms with Crippen molar-refractivity contribution in [3.05, 3.63) is 66.0 Å². The lowest BCUT2D eigenvalue weighted by Gasteiger charge is -2.39. The fraction of sp³-hybridized carbons (Fsp3) is 0.263. The Labute approximate surface area is 140 Å². The summed E-state index contributed by atoms with van der Waals surface area (Å²) in [6.45, 7) is 0.494. The van der Waals surface area contributed by atoms with Crippen LogP contribution in [0.1, 0.15) is 18.4 Å². The summed E-state index contributed by atoms with van der Waals surface area (Å²) >= 11 is 0. The van der Waals surface area contributed by atoms with Crippen LogP contribution in [-0.4, -0.2) is 18.4 Å². The zero-order chi connectivity index (χ0) is 17.2. The van der Waals surface area contributed by atoms with Crippen molar-refractivity contribution >= 4 is 17.5 Å². The van der Waals surface area contributed by atoms with Crippen molar-refractivity contribution in [3.63, 3.8) is 0 Å². The second kappa shape index (κ2) is 6.43. The molecular formula is C19H19FN2O2. The molecule has 3 rings (SSSR count). The summed E-state index contributed by atoms with van der Waals surface area (Å²) in [4.78, 5) is 26.9. The molecule has 1 heterocycles. The summed E-state index contributed by atoms with van der Waals surface area (Å²) in [6.07, 6.45) is 1.37. The molecule has 0 saturated carbocycles. The highest BCUT2D eigenvalue weighted by Gasteiger charge is 2.49. The van der Waals surface area contributed by atoms with Crippen molar-refractivity contribution in [2.24, 2.45) is 11.1 Å². The molecule has 2 N–H and O–H groups in total. The third kappa shape index (κ3) is 2.89. The molecule has 1 fully saturated rings. The van der Waals surface area contributed by atoms with Gasteiger partial charge in [0.2, 0.25) is 11.8 Å². The van der Waals surface area contributed by atoms with Gasteiger partial charge in [0.1, 0.15) is 11.2 Å². The van der Waals surface area contributed by atoms with Crippen LogP contribution >= 0.6 is 0 Å². The Balaban J connectivity index is 1.95. The van der Waals surface area contributed by atoms with E-state index in [0.717, 1.165) is 5.56 Å². The molecule has 1 aliphatic heterocycles. The number of nitrogens with zero attached hydrogens (tertiary/aromatic N) is 1. The fourth-order valence-corrected chi connectivity index (χ4v) is 3.30. The number of benzene rings is 2. The van der Waals surface area contributed by atoms with E-state index < -0.39 is 11.3 Å². The molecule has 0 bridgehead atoms. The van der Waals surface area contributed by atoms with Crippen LogP contribution in [-0.2, 0) is 16.0 Å². The number of hydrogen-bond donors (Lipinski definition) is 1. The zero-order valence-corrected chi connectivity index (χ0v) is 13.2. The van der Waals surface area contributed by atoms with Gasteiger partial charge in [-0.1, -0.05) is 30.3 Å². The number of piperidine rings is 1. The first-order valence-corrected chi connectivity index (χ1v) is 7.94. The Morgan fingerprint density at radius 3 is 2.42 bits per heavy atom. The molecule has 1 aliphatic rings. The highest BCUT2D eigenvalue weighted by Crippen LogP contribution is 2.37. The molecule has 0 unspecified atom stereocenters. The van der Waals surface area contributed by atoms with Crippen molar-refractivity contribution in [2.45, 2.75) is 19.3 Å². The number of primary amides is 1. The minimum absolute atomic E-state index is 0.277. The van der Waals surface area contributed by atoms with Gasteiger partial charge in [-0.25, -0.2) is 4.39 Å². The summed E-state index contributed by atoms with van der Waals surface area (Å²) in [7, 11) is 0. The monoisotopic (exact) mass is 326 g/mol. The molecule has 1 atom stereocenters. The van der Waals surface area contributed by atoms with Crippen LogP contribution in [0, 0.1) is 11.2 Å². The van der Waals surface area contributed by atoms with Gasteiger partial charge >= 0.3 is 0 Å². The van der Waals surface area contributed by atoms with Gasteiger partial charge in [-0.05, 0) is 49.1 Å². The summed E-state index contributed by atoms with van der Waals surface area (Å²) in [5, 5.41) is 0. The van der Waals surface area contributed by atoms with E-state index in [1.807, 2.05) is 30.3 Å². The van der Waals surface area contributed by atoms with Crippen molar-refractivity contribution in [2.75, 3.05) is 11.4 Å². The Kier molecular flexibility index (Phi) is 4.34. The molecule has 2 aromatic carbocycles. The first-order chi connectivity index (χ1) is 11.5. The maximum absolute atomic E-state index is 13.1. The maximum Gasteiger partial charge on any atom is 0.243 e. The topological polar surface area (TPSA) is 63.4 Å². The predicted octanol–water partition coefficient (Wildman–Crippen LogP) is 2.67. The first kappa shape index (κ1) is 16.2. The van der Waals surface area contributed by atoms with Crippen molar-refractivity contribution in [3.8, 4) is 0 Å². The summed E-state index contributed by atoms with van der Waals surface area (Å²) < 4.78 is 13.1. The molecule has 2 aromatic rings. The number of nitrogens with two attached hydrogens (primary N) is 1. The van der Waals surface area contributed by atoms with Crippen LogP contribution in [0.4, 0.5) is 10.1 Å².